The summed E-state index contributed by atoms with van der Waals surface area (Å²) in [5.41, 5.74) is 3.29. The van der Waals surface area contributed by atoms with Gasteiger partial charge in [0.05, 0.1) is 19.1 Å². The molecule has 1 aliphatic rings. The number of hydrogen-bond donors (Lipinski definition) is 0. The van der Waals surface area contributed by atoms with E-state index in [0.717, 1.165) is 17.6 Å². The third kappa shape index (κ3) is 4.61. The molecular weight excluding hydrogens is 360 g/mol. The number of carbonyl (C=O) groups excluding carboxylic acids is 1. The summed E-state index contributed by atoms with van der Waals surface area (Å²) in [4.78, 5) is 13.1. The van der Waals surface area contributed by atoms with Crippen LogP contribution in [0.3, 0.4) is 0 Å². The van der Waals surface area contributed by atoms with E-state index >= 15 is 0 Å². The van der Waals surface area contributed by atoms with Gasteiger partial charge in [0.2, 0.25) is 0 Å². The molecule has 2 aromatic rings. The fourth-order valence-electron chi connectivity index (χ4n) is 3.91. The number of ether oxygens (including phenoxy) is 2. The molecule has 2 unspecified atom stereocenters. The molecule has 0 saturated carbocycles. The van der Waals surface area contributed by atoms with Crippen molar-refractivity contribution < 1.29 is 14.3 Å². The highest BCUT2D eigenvalue weighted by Crippen LogP contribution is 2.46. The van der Waals surface area contributed by atoms with Gasteiger partial charge in [-0.05, 0) is 57.2 Å². The number of benzene rings is 2. The minimum absolute atomic E-state index is 0.0976. The first-order chi connectivity index (χ1) is 13.8. The third-order valence-electron chi connectivity index (χ3n) is 5.62. The van der Waals surface area contributed by atoms with E-state index in [9.17, 15) is 4.79 Å². The zero-order valence-electron chi connectivity index (χ0n) is 17.8. The first-order valence-corrected chi connectivity index (χ1v) is 10.1. The summed E-state index contributed by atoms with van der Waals surface area (Å²) < 4.78 is 12.0. The molecule has 3 nitrogen and oxygen atoms in total. The molecule has 2 aromatic carbocycles. The molecule has 0 N–H and O–H groups in total. The normalized spacial score (nSPS) is 19.0. The fourth-order valence-corrected chi connectivity index (χ4v) is 3.91. The van der Waals surface area contributed by atoms with Crippen LogP contribution in [-0.4, -0.2) is 12.9 Å². The fraction of sp³-hybridized carbons (Fsp3) is 0.346. The number of fused-ring (bicyclic) bond motifs is 1. The van der Waals surface area contributed by atoms with Crippen molar-refractivity contribution in [1.82, 2.24) is 0 Å². The predicted molar refractivity (Wildman–Crippen MR) is 118 cm³/mol. The van der Waals surface area contributed by atoms with Crippen molar-refractivity contribution in [2.45, 2.75) is 45.6 Å². The second kappa shape index (κ2) is 8.69. The molecule has 0 amide bonds. The molecule has 1 heterocycles. The Bertz CT molecular complexity index is 922. The Morgan fingerprint density at radius 1 is 1.21 bits per heavy atom. The minimum atomic E-state index is -0.725. The molecular formula is C26H30O3. The summed E-state index contributed by atoms with van der Waals surface area (Å²) in [5, 5.41) is 0. The maximum Gasteiger partial charge on any atom is 0.170 e. The summed E-state index contributed by atoms with van der Waals surface area (Å²) in [5.74, 6) is 1.58. The first-order valence-electron chi connectivity index (χ1n) is 10.1. The van der Waals surface area contributed by atoms with Crippen LogP contribution in [0.2, 0.25) is 0 Å². The van der Waals surface area contributed by atoms with E-state index in [-0.39, 0.29) is 11.7 Å². The van der Waals surface area contributed by atoms with Crippen LogP contribution in [0.15, 0.2) is 72.3 Å². The van der Waals surface area contributed by atoms with E-state index in [1.54, 1.807) is 19.2 Å². The molecule has 0 spiro atoms. The molecule has 3 rings (SSSR count). The van der Waals surface area contributed by atoms with Crippen LogP contribution in [0.4, 0.5) is 0 Å². The number of methoxy groups -OCH3 is 1. The Morgan fingerprint density at radius 3 is 2.55 bits per heavy atom. The van der Waals surface area contributed by atoms with Crippen LogP contribution in [0, 0.1) is 5.92 Å². The molecule has 2 atom stereocenters. The third-order valence-corrected chi connectivity index (χ3v) is 5.62. The molecule has 1 aliphatic heterocycles. The Labute approximate surface area is 174 Å². The van der Waals surface area contributed by atoms with Gasteiger partial charge in [-0.3, -0.25) is 4.79 Å². The van der Waals surface area contributed by atoms with Crippen molar-refractivity contribution in [3.63, 3.8) is 0 Å². The van der Waals surface area contributed by atoms with E-state index in [2.05, 4.69) is 45.6 Å². The number of carbonyl (C=O) groups is 1. The summed E-state index contributed by atoms with van der Waals surface area (Å²) in [6.45, 7) is 10.5. The smallest absolute Gasteiger partial charge is 0.170 e. The summed E-state index contributed by atoms with van der Waals surface area (Å²) in [6, 6.07) is 15.5. The molecule has 0 radical (unpaired) electrons. The largest absolute Gasteiger partial charge is 0.497 e. The van der Waals surface area contributed by atoms with E-state index in [4.69, 9.17) is 9.47 Å². The quantitative estimate of drug-likeness (QED) is 0.507. The van der Waals surface area contributed by atoms with Crippen molar-refractivity contribution in [3.05, 3.63) is 83.5 Å². The molecule has 0 aromatic heterocycles. The lowest BCUT2D eigenvalue weighted by molar-refractivity contribution is 0.0225. The standard InChI is InChI=1S/C26H30O3/c1-18(2)11-12-20(19(3)4)16-26(21-9-7-6-8-10-21)17-24(27)23-14-13-22(28-5)15-25(23)29-26/h6-11,13-15,20H,3,12,16-17H2,1-2,4-5H3. The molecule has 0 aliphatic carbocycles. The maximum atomic E-state index is 13.1. The number of allylic oxidation sites excluding steroid dienone is 3. The number of rotatable bonds is 7. The predicted octanol–water partition coefficient (Wildman–Crippen LogP) is 6.49. The molecule has 152 valence electrons. The van der Waals surface area contributed by atoms with E-state index in [0.29, 0.717) is 29.9 Å². The highest BCUT2D eigenvalue weighted by atomic mass is 16.5. The van der Waals surface area contributed by atoms with E-state index in [1.807, 2.05) is 24.3 Å². The van der Waals surface area contributed by atoms with E-state index in [1.165, 1.54) is 5.57 Å². The minimum Gasteiger partial charge on any atom is -0.497 e. The highest BCUT2D eigenvalue weighted by Gasteiger charge is 2.43. The average molecular weight is 391 g/mol. The average Bonchev–Trinajstić information content (AvgIpc) is 2.71. The molecule has 0 bridgehead atoms. The molecule has 29 heavy (non-hydrogen) atoms. The van der Waals surface area contributed by atoms with Crippen molar-refractivity contribution >= 4 is 5.78 Å². The number of hydrogen-bond acceptors (Lipinski definition) is 3. The monoisotopic (exact) mass is 390 g/mol. The van der Waals surface area contributed by atoms with Gasteiger partial charge < -0.3 is 9.47 Å². The van der Waals surface area contributed by atoms with Crippen molar-refractivity contribution in [2.75, 3.05) is 7.11 Å². The zero-order chi connectivity index (χ0) is 21.0. The van der Waals surface area contributed by atoms with Gasteiger partial charge in [-0.1, -0.05) is 54.1 Å². The van der Waals surface area contributed by atoms with Gasteiger partial charge in [-0.15, -0.1) is 0 Å². The Morgan fingerprint density at radius 2 is 1.93 bits per heavy atom. The Balaban J connectivity index is 2.06. The summed E-state index contributed by atoms with van der Waals surface area (Å²) in [7, 11) is 1.62. The summed E-state index contributed by atoms with van der Waals surface area (Å²) >= 11 is 0. The number of ketones is 1. The lowest BCUT2D eigenvalue weighted by Crippen LogP contribution is -2.41. The van der Waals surface area contributed by atoms with Crippen LogP contribution >= 0.6 is 0 Å². The van der Waals surface area contributed by atoms with Gasteiger partial charge in [-0.25, -0.2) is 0 Å². The van der Waals surface area contributed by atoms with Gasteiger partial charge in [-0.2, -0.15) is 0 Å². The van der Waals surface area contributed by atoms with Crippen molar-refractivity contribution in [1.29, 1.82) is 0 Å². The van der Waals surface area contributed by atoms with Crippen LogP contribution in [-0.2, 0) is 5.60 Å². The van der Waals surface area contributed by atoms with Crippen molar-refractivity contribution in [2.24, 2.45) is 5.92 Å². The van der Waals surface area contributed by atoms with Gasteiger partial charge in [0.25, 0.3) is 0 Å². The maximum absolute atomic E-state index is 13.1. The molecule has 3 heteroatoms. The van der Waals surface area contributed by atoms with Gasteiger partial charge >= 0.3 is 0 Å². The Kier molecular flexibility index (Phi) is 6.26. The lowest BCUT2D eigenvalue weighted by atomic mass is 9.75. The lowest BCUT2D eigenvalue weighted by Gasteiger charge is -2.41. The number of Topliss-reactive ketones (excluding diaryl/α,β-unsaturated/α-hetero) is 1. The molecule has 0 saturated heterocycles. The second-order valence-corrected chi connectivity index (χ2v) is 8.19. The molecule has 0 fully saturated rings. The van der Waals surface area contributed by atoms with Crippen LogP contribution < -0.4 is 9.47 Å². The second-order valence-electron chi connectivity index (χ2n) is 8.19. The van der Waals surface area contributed by atoms with Gasteiger partial charge in [0.15, 0.2) is 5.78 Å². The van der Waals surface area contributed by atoms with Crippen LogP contribution in [0.25, 0.3) is 0 Å². The van der Waals surface area contributed by atoms with Gasteiger partial charge in [0.1, 0.15) is 17.1 Å². The van der Waals surface area contributed by atoms with Crippen molar-refractivity contribution in [3.8, 4) is 11.5 Å². The highest BCUT2D eigenvalue weighted by molar-refractivity contribution is 6.00. The Hall–Kier alpha value is -2.81. The van der Waals surface area contributed by atoms with Crippen LogP contribution in [0.1, 0.15) is 56.0 Å². The zero-order valence-corrected chi connectivity index (χ0v) is 17.8. The van der Waals surface area contributed by atoms with Gasteiger partial charge in [0, 0.05) is 6.07 Å². The topological polar surface area (TPSA) is 35.5 Å². The summed E-state index contributed by atoms with van der Waals surface area (Å²) in [6.07, 6.45) is 4.13. The van der Waals surface area contributed by atoms with E-state index < -0.39 is 5.60 Å². The van der Waals surface area contributed by atoms with Crippen LogP contribution in [0.5, 0.6) is 11.5 Å². The SMILES string of the molecule is C=C(C)C(CC=C(C)C)CC1(c2ccccc2)CC(=O)c2ccc(OC)cc2O1. The first kappa shape index (κ1) is 20.9.